The molecule has 0 fully saturated rings. The Morgan fingerprint density at radius 2 is 1.00 bits per heavy atom. The van der Waals surface area contributed by atoms with Crippen molar-refractivity contribution in [2.75, 3.05) is 10.2 Å². The Balaban J connectivity index is 1.52. The number of anilines is 5. The molecule has 0 saturated carbocycles. The van der Waals surface area contributed by atoms with Gasteiger partial charge in [0.25, 0.3) is 0 Å². The van der Waals surface area contributed by atoms with Crippen molar-refractivity contribution in [2.24, 2.45) is 0 Å². The molecule has 5 rings (SSSR count). The zero-order chi connectivity index (χ0) is 23.3. The van der Waals surface area contributed by atoms with Crippen LogP contribution in [0.5, 0.6) is 0 Å². The van der Waals surface area contributed by atoms with Gasteiger partial charge in [-0.05, 0) is 79.6 Å². The maximum Gasteiger partial charge on any atom is 0.0482 e. The summed E-state index contributed by atoms with van der Waals surface area (Å²) in [6.07, 6.45) is 0. The Hall–Kier alpha value is -4.30. The van der Waals surface area contributed by atoms with E-state index in [2.05, 4.69) is 151 Å². The van der Waals surface area contributed by atoms with Crippen molar-refractivity contribution in [1.82, 2.24) is 0 Å². The largest absolute Gasteiger partial charge is 0.355 e. The second kappa shape index (κ2) is 9.68. The monoisotopic (exact) mass is 440 g/mol. The molecule has 0 amide bonds. The van der Waals surface area contributed by atoms with E-state index in [1.165, 1.54) is 22.3 Å². The van der Waals surface area contributed by atoms with Crippen molar-refractivity contribution in [2.45, 2.75) is 13.8 Å². The molecule has 0 aliphatic heterocycles. The van der Waals surface area contributed by atoms with Gasteiger partial charge in [0, 0.05) is 28.4 Å². The van der Waals surface area contributed by atoms with Crippen molar-refractivity contribution in [1.29, 1.82) is 0 Å². The highest BCUT2D eigenvalue weighted by Crippen LogP contribution is 2.37. The molecule has 0 spiro atoms. The maximum absolute atomic E-state index is 3.54. The molecule has 2 nitrogen and oxygen atoms in total. The van der Waals surface area contributed by atoms with Crippen molar-refractivity contribution in [3.05, 3.63) is 139 Å². The minimum atomic E-state index is 1.05. The number of nitrogens with zero attached hydrogens (tertiary/aromatic N) is 1. The third kappa shape index (κ3) is 4.87. The van der Waals surface area contributed by atoms with Crippen LogP contribution in [0.2, 0.25) is 0 Å². The molecule has 34 heavy (non-hydrogen) atoms. The lowest BCUT2D eigenvalue weighted by molar-refractivity contribution is 1.27. The first kappa shape index (κ1) is 21.5. The van der Waals surface area contributed by atoms with E-state index in [1.807, 2.05) is 0 Å². The molecule has 0 aliphatic carbocycles. The number of aryl methyl sites for hydroxylation is 2. The van der Waals surface area contributed by atoms with Crippen LogP contribution >= 0.6 is 0 Å². The molecule has 0 heterocycles. The third-order valence-corrected chi connectivity index (χ3v) is 5.97. The van der Waals surface area contributed by atoms with Gasteiger partial charge in [0.15, 0.2) is 0 Å². The Labute approximate surface area is 202 Å². The maximum atomic E-state index is 3.54. The first-order chi connectivity index (χ1) is 16.7. The minimum absolute atomic E-state index is 1.05. The van der Waals surface area contributed by atoms with Gasteiger partial charge in [-0.1, -0.05) is 83.9 Å². The van der Waals surface area contributed by atoms with Crippen molar-refractivity contribution >= 4 is 28.4 Å². The van der Waals surface area contributed by atoms with Crippen LogP contribution in [0.25, 0.3) is 11.1 Å². The molecule has 0 bridgehead atoms. The van der Waals surface area contributed by atoms with E-state index in [0.717, 1.165) is 28.4 Å². The van der Waals surface area contributed by atoms with Gasteiger partial charge >= 0.3 is 0 Å². The molecular weight excluding hydrogens is 412 g/mol. The van der Waals surface area contributed by atoms with Crippen molar-refractivity contribution in [3.8, 4) is 11.1 Å². The highest BCUT2D eigenvalue weighted by atomic mass is 15.1. The molecule has 5 aromatic rings. The fraction of sp³-hybridized carbons (Fsp3) is 0.0625. The van der Waals surface area contributed by atoms with E-state index in [1.54, 1.807) is 0 Å². The molecule has 5 aromatic carbocycles. The summed E-state index contributed by atoms with van der Waals surface area (Å²) in [7, 11) is 0. The van der Waals surface area contributed by atoms with E-state index < -0.39 is 0 Å². The lowest BCUT2D eigenvalue weighted by Crippen LogP contribution is -2.10. The first-order valence-electron chi connectivity index (χ1n) is 11.6. The predicted octanol–water partition coefficient (Wildman–Crippen LogP) is 9.18. The van der Waals surface area contributed by atoms with E-state index in [-0.39, 0.29) is 0 Å². The number of nitrogens with one attached hydrogen (secondary N) is 1. The fourth-order valence-electron chi connectivity index (χ4n) is 4.10. The molecule has 2 heteroatoms. The Bertz CT molecular complexity index is 1350. The standard InChI is InChI=1S/C32H28N2/c1-24-11-17-28(18-12-24)33-29-9-6-10-32(23-29)34(30-19-13-25(2)14-20-30)31-21-15-27(16-22-31)26-7-4-3-5-8-26/h3-23,33H,1-2H3. The summed E-state index contributed by atoms with van der Waals surface area (Å²) < 4.78 is 0. The molecule has 0 saturated heterocycles. The number of rotatable bonds is 6. The zero-order valence-electron chi connectivity index (χ0n) is 19.6. The summed E-state index contributed by atoms with van der Waals surface area (Å²) in [5.41, 5.74) is 10.4. The number of hydrogen-bond acceptors (Lipinski definition) is 2. The molecule has 0 radical (unpaired) electrons. The molecular formula is C32H28N2. The van der Waals surface area contributed by atoms with E-state index in [9.17, 15) is 0 Å². The summed E-state index contributed by atoms with van der Waals surface area (Å²) >= 11 is 0. The van der Waals surface area contributed by atoms with Crippen LogP contribution in [0, 0.1) is 13.8 Å². The van der Waals surface area contributed by atoms with Gasteiger partial charge in [0.1, 0.15) is 0 Å². The third-order valence-electron chi connectivity index (χ3n) is 5.97. The van der Waals surface area contributed by atoms with Crippen LogP contribution in [0.15, 0.2) is 127 Å². The summed E-state index contributed by atoms with van der Waals surface area (Å²) in [6.45, 7) is 4.22. The van der Waals surface area contributed by atoms with Crippen LogP contribution in [0.4, 0.5) is 28.4 Å². The smallest absolute Gasteiger partial charge is 0.0482 e. The average Bonchev–Trinajstić information content (AvgIpc) is 2.88. The predicted molar refractivity (Wildman–Crippen MR) is 146 cm³/mol. The summed E-state index contributed by atoms with van der Waals surface area (Å²) in [4.78, 5) is 2.30. The molecule has 1 N–H and O–H groups in total. The summed E-state index contributed by atoms with van der Waals surface area (Å²) in [5.74, 6) is 0. The second-order valence-electron chi connectivity index (χ2n) is 8.63. The Kier molecular flexibility index (Phi) is 6.13. The average molecular weight is 441 g/mol. The highest BCUT2D eigenvalue weighted by Gasteiger charge is 2.13. The molecule has 0 aromatic heterocycles. The Morgan fingerprint density at radius 1 is 0.441 bits per heavy atom. The summed E-state index contributed by atoms with van der Waals surface area (Å²) in [6, 6.07) is 45.0. The lowest BCUT2D eigenvalue weighted by atomic mass is 10.0. The Morgan fingerprint density at radius 3 is 1.65 bits per heavy atom. The van der Waals surface area contributed by atoms with Gasteiger partial charge in [-0.2, -0.15) is 0 Å². The number of hydrogen-bond donors (Lipinski definition) is 1. The van der Waals surface area contributed by atoms with Gasteiger partial charge in [-0.25, -0.2) is 0 Å². The minimum Gasteiger partial charge on any atom is -0.355 e. The molecule has 166 valence electrons. The van der Waals surface area contributed by atoms with E-state index in [4.69, 9.17) is 0 Å². The van der Waals surface area contributed by atoms with Gasteiger partial charge < -0.3 is 10.2 Å². The van der Waals surface area contributed by atoms with Crippen molar-refractivity contribution in [3.63, 3.8) is 0 Å². The van der Waals surface area contributed by atoms with Crippen molar-refractivity contribution < 1.29 is 0 Å². The van der Waals surface area contributed by atoms with Gasteiger partial charge in [-0.15, -0.1) is 0 Å². The normalized spacial score (nSPS) is 10.6. The van der Waals surface area contributed by atoms with Gasteiger partial charge in [0.05, 0.1) is 0 Å². The van der Waals surface area contributed by atoms with Gasteiger partial charge in [-0.3, -0.25) is 0 Å². The molecule has 0 atom stereocenters. The van der Waals surface area contributed by atoms with Crippen LogP contribution in [-0.2, 0) is 0 Å². The number of benzene rings is 5. The lowest BCUT2D eigenvalue weighted by Gasteiger charge is -2.26. The summed E-state index contributed by atoms with van der Waals surface area (Å²) in [5, 5.41) is 3.54. The molecule has 0 aliphatic rings. The highest BCUT2D eigenvalue weighted by molar-refractivity contribution is 5.80. The topological polar surface area (TPSA) is 15.3 Å². The zero-order valence-corrected chi connectivity index (χ0v) is 19.6. The van der Waals surface area contributed by atoms with Crippen LogP contribution in [0.3, 0.4) is 0 Å². The van der Waals surface area contributed by atoms with Crippen LogP contribution < -0.4 is 10.2 Å². The van der Waals surface area contributed by atoms with E-state index in [0.29, 0.717) is 0 Å². The fourth-order valence-corrected chi connectivity index (χ4v) is 4.10. The van der Waals surface area contributed by atoms with Crippen LogP contribution in [0.1, 0.15) is 11.1 Å². The first-order valence-corrected chi connectivity index (χ1v) is 11.6. The van der Waals surface area contributed by atoms with E-state index >= 15 is 0 Å². The second-order valence-corrected chi connectivity index (χ2v) is 8.63. The molecule has 0 unspecified atom stereocenters. The quantitative estimate of drug-likeness (QED) is 0.283. The van der Waals surface area contributed by atoms with Gasteiger partial charge in [0.2, 0.25) is 0 Å². The SMILES string of the molecule is Cc1ccc(Nc2cccc(N(c3ccc(C)cc3)c3ccc(-c4ccccc4)cc3)c2)cc1. The van der Waals surface area contributed by atoms with Crippen LogP contribution in [-0.4, -0.2) is 0 Å².